The minimum atomic E-state index is -0.192. The number of rotatable bonds is 1. The van der Waals surface area contributed by atoms with Crippen LogP contribution in [0.5, 0.6) is 5.75 Å². The van der Waals surface area contributed by atoms with Gasteiger partial charge in [0.1, 0.15) is 11.4 Å². The number of ether oxygens (including phenoxy) is 1. The molecule has 3 rings (SSSR count). The van der Waals surface area contributed by atoms with Gasteiger partial charge in [-0.1, -0.05) is 48.0 Å². The molecule has 19 heavy (non-hydrogen) atoms. The zero-order valence-corrected chi connectivity index (χ0v) is 12.0. The highest BCUT2D eigenvalue weighted by molar-refractivity contribution is 5.54. The maximum Gasteiger partial charge on any atom is 0.127 e. The van der Waals surface area contributed by atoms with Gasteiger partial charge in [0.15, 0.2) is 0 Å². The molecule has 0 aliphatic carbocycles. The third-order valence-corrected chi connectivity index (χ3v) is 3.95. The fourth-order valence-electron chi connectivity index (χ4n) is 3.26. The van der Waals surface area contributed by atoms with Gasteiger partial charge in [0.2, 0.25) is 0 Å². The van der Waals surface area contributed by atoms with Crippen molar-refractivity contribution in [2.45, 2.75) is 39.2 Å². The van der Waals surface area contributed by atoms with Crippen molar-refractivity contribution < 1.29 is 4.74 Å². The van der Waals surface area contributed by atoms with Crippen LogP contribution in [0.25, 0.3) is 0 Å². The minimum absolute atomic E-state index is 0.192. The van der Waals surface area contributed by atoms with Crippen LogP contribution in [0.2, 0.25) is 0 Å². The van der Waals surface area contributed by atoms with Crippen LogP contribution < -0.4 is 4.74 Å². The summed E-state index contributed by atoms with van der Waals surface area (Å²) < 4.78 is 6.25. The van der Waals surface area contributed by atoms with Crippen LogP contribution in [0, 0.1) is 13.8 Å². The average molecular weight is 252 g/mol. The van der Waals surface area contributed by atoms with E-state index < -0.39 is 0 Å². The van der Waals surface area contributed by atoms with Gasteiger partial charge < -0.3 is 4.74 Å². The molecule has 0 aromatic heterocycles. The molecule has 0 amide bonds. The first-order valence-corrected chi connectivity index (χ1v) is 6.84. The molecule has 1 unspecified atom stereocenters. The van der Waals surface area contributed by atoms with Gasteiger partial charge in [-0.3, -0.25) is 0 Å². The smallest absolute Gasteiger partial charge is 0.127 e. The molecule has 0 radical (unpaired) electrons. The fraction of sp³-hybridized carbons (Fsp3) is 0.333. The van der Waals surface area contributed by atoms with E-state index >= 15 is 0 Å². The second-order valence-corrected chi connectivity index (χ2v) is 6.05. The SMILES string of the molecule is Cc1cc(C)c2c(c1)C(c1ccccc1)C(C)(C)O2. The molecule has 1 aliphatic heterocycles. The highest BCUT2D eigenvalue weighted by atomic mass is 16.5. The maximum atomic E-state index is 6.25. The van der Waals surface area contributed by atoms with Crippen molar-refractivity contribution in [1.29, 1.82) is 0 Å². The Morgan fingerprint density at radius 3 is 2.37 bits per heavy atom. The molecule has 1 nitrogen and oxygen atoms in total. The summed E-state index contributed by atoms with van der Waals surface area (Å²) >= 11 is 0. The molecule has 0 fully saturated rings. The predicted octanol–water partition coefficient (Wildman–Crippen LogP) is 4.61. The summed E-state index contributed by atoms with van der Waals surface area (Å²) in [5, 5.41) is 0. The Labute approximate surface area is 115 Å². The lowest BCUT2D eigenvalue weighted by Crippen LogP contribution is -2.30. The summed E-state index contributed by atoms with van der Waals surface area (Å²) in [4.78, 5) is 0. The summed E-state index contributed by atoms with van der Waals surface area (Å²) in [7, 11) is 0. The van der Waals surface area contributed by atoms with E-state index in [1.54, 1.807) is 0 Å². The summed E-state index contributed by atoms with van der Waals surface area (Å²) in [5.41, 5.74) is 5.01. The van der Waals surface area contributed by atoms with Gasteiger partial charge in [-0.05, 0) is 38.8 Å². The predicted molar refractivity (Wildman–Crippen MR) is 78.9 cm³/mol. The molecule has 98 valence electrons. The highest BCUT2D eigenvalue weighted by Gasteiger charge is 2.42. The molecule has 1 heteroatoms. The summed E-state index contributed by atoms with van der Waals surface area (Å²) in [6, 6.07) is 15.1. The maximum absolute atomic E-state index is 6.25. The molecule has 1 atom stereocenters. The van der Waals surface area contributed by atoms with Gasteiger partial charge in [-0.2, -0.15) is 0 Å². The van der Waals surface area contributed by atoms with E-state index in [0.29, 0.717) is 5.92 Å². The van der Waals surface area contributed by atoms with E-state index in [1.165, 1.54) is 22.3 Å². The number of benzene rings is 2. The largest absolute Gasteiger partial charge is 0.486 e. The van der Waals surface area contributed by atoms with Crippen LogP contribution in [-0.4, -0.2) is 5.60 Å². The van der Waals surface area contributed by atoms with Crippen molar-refractivity contribution in [2.24, 2.45) is 0 Å². The van der Waals surface area contributed by atoms with Crippen molar-refractivity contribution in [3.8, 4) is 5.75 Å². The molecule has 2 aromatic rings. The highest BCUT2D eigenvalue weighted by Crippen LogP contribution is 2.49. The van der Waals surface area contributed by atoms with Gasteiger partial charge >= 0.3 is 0 Å². The average Bonchev–Trinajstić information content (AvgIpc) is 2.61. The second-order valence-electron chi connectivity index (χ2n) is 6.05. The van der Waals surface area contributed by atoms with E-state index in [4.69, 9.17) is 4.74 Å². The van der Waals surface area contributed by atoms with Crippen LogP contribution in [0.15, 0.2) is 42.5 Å². The van der Waals surface area contributed by atoms with Crippen molar-refractivity contribution >= 4 is 0 Å². The monoisotopic (exact) mass is 252 g/mol. The molecule has 0 bridgehead atoms. The number of hydrogen-bond donors (Lipinski definition) is 0. The van der Waals surface area contributed by atoms with Crippen molar-refractivity contribution in [2.75, 3.05) is 0 Å². The standard InChI is InChI=1S/C18H20O/c1-12-10-13(2)17-15(11-12)16(18(3,4)19-17)14-8-6-5-7-9-14/h5-11,16H,1-4H3. The van der Waals surface area contributed by atoms with Crippen LogP contribution in [-0.2, 0) is 0 Å². The van der Waals surface area contributed by atoms with Gasteiger partial charge in [0.05, 0.1) is 5.92 Å². The van der Waals surface area contributed by atoms with Gasteiger partial charge in [0.25, 0.3) is 0 Å². The Hall–Kier alpha value is -1.76. The Balaban J connectivity index is 2.21. The molecular weight excluding hydrogens is 232 g/mol. The quantitative estimate of drug-likeness (QED) is 0.720. The van der Waals surface area contributed by atoms with E-state index in [0.717, 1.165) is 5.75 Å². The summed E-state index contributed by atoms with van der Waals surface area (Å²) in [6.45, 7) is 8.65. The minimum Gasteiger partial charge on any atom is -0.486 e. The summed E-state index contributed by atoms with van der Waals surface area (Å²) in [6.07, 6.45) is 0. The van der Waals surface area contributed by atoms with Gasteiger partial charge in [-0.25, -0.2) is 0 Å². The van der Waals surface area contributed by atoms with Crippen molar-refractivity contribution in [3.63, 3.8) is 0 Å². The molecule has 1 heterocycles. The molecule has 0 spiro atoms. The third kappa shape index (κ3) is 1.94. The Bertz CT molecular complexity index is 611. The van der Waals surface area contributed by atoms with Gasteiger partial charge in [0, 0.05) is 5.56 Å². The van der Waals surface area contributed by atoms with Crippen molar-refractivity contribution in [1.82, 2.24) is 0 Å². The Kier molecular flexibility index (Phi) is 2.67. The van der Waals surface area contributed by atoms with Gasteiger partial charge in [-0.15, -0.1) is 0 Å². The molecule has 0 saturated carbocycles. The van der Waals surface area contributed by atoms with E-state index in [1.807, 2.05) is 0 Å². The first-order chi connectivity index (χ1) is 8.99. The van der Waals surface area contributed by atoms with Crippen LogP contribution in [0.1, 0.15) is 42.0 Å². The lowest BCUT2D eigenvalue weighted by Gasteiger charge is -2.26. The molecular formula is C18H20O. The fourth-order valence-corrected chi connectivity index (χ4v) is 3.26. The molecule has 1 aliphatic rings. The van der Waals surface area contributed by atoms with Crippen molar-refractivity contribution in [3.05, 3.63) is 64.7 Å². The van der Waals surface area contributed by atoms with Crippen LogP contribution in [0.3, 0.4) is 0 Å². The summed E-state index contributed by atoms with van der Waals surface area (Å²) in [5.74, 6) is 1.38. The number of fused-ring (bicyclic) bond motifs is 1. The van der Waals surface area contributed by atoms with E-state index in [2.05, 4.69) is 70.2 Å². The lowest BCUT2D eigenvalue weighted by molar-refractivity contribution is 0.121. The molecule has 0 saturated heterocycles. The van der Waals surface area contributed by atoms with Crippen LogP contribution >= 0.6 is 0 Å². The third-order valence-electron chi connectivity index (χ3n) is 3.95. The molecule has 2 aromatic carbocycles. The lowest BCUT2D eigenvalue weighted by atomic mass is 9.80. The molecule has 0 N–H and O–H groups in total. The first-order valence-electron chi connectivity index (χ1n) is 6.84. The topological polar surface area (TPSA) is 9.23 Å². The van der Waals surface area contributed by atoms with E-state index in [9.17, 15) is 0 Å². The Morgan fingerprint density at radius 1 is 1.00 bits per heavy atom. The zero-order chi connectivity index (χ0) is 13.6. The normalized spacial score (nSPS) is 19.9. The second kappa shape index (κ2) is 4.12. The number of hydrogen-bond acceptors (Lipinski definition) is 1. The zero-order valence-electron chi connectivity index (χ0n) is 12.0. The first kappa shape index (κ1) is 12.3. The number of aryl methyl sites for hydroxylation is 2. The van der Waals surface area contributed by atoms with Crippen LogP contribution in [0.4, 0.5) is 0 Å². The van der Waals surface area contributed by atoms with E-state index in [-0.39, 0.29) is 5.60 Å². The Morgan fingerprint density at radius 2 is 1.68 bits per heavy atom.